The van der Waals surface area contributed by atoms with Crippen LogP contribution in [-0.4, -0.2) is 23.7 Å². The third-order valence-corrected chi connectivity index (χ3v) is 0.601. The van der Waals surface area contributed by atoms with Crippen LogP contribution >= 0.6 is 0 Å². The molecule has 0 atom stereocenters. The van der Waals surface area contributed by atoms with Crippen LogP contribution < -0.4 is 6.15 Å². The molecular formula is C5H11NO4. The third-order valence-electron chi connectivity index (χ3n) is 0.601. The Labute approximate surface area is 58.6 Å². The molecule has 0 unspecified atom stereocenters. The zero-order valence-corrected chi connectivity index (χ0v) is 5.79. The molecule has 0 fully saturated rings. The Balaban J connectivity index is 0. The van der Waals surface area contributed by atoms with Crippen LogP contribution in [0.4, 0.5) is 0 Å². The molecule has 0 aromatic carbocycles. The van der Waals surface area contributed by atoms with Gasteiger partial charge < -0.3 is 16.0 Å². The molecule has 60 valence electrons. The van der Waals surface area contributed by atoms with Gasteiger partial charge in [-0.1, -0.05) is 0 Å². The average Bonchev–Trinajstić information content (AvgIpc) is 1.63. The van der Waals surface area contributed by atoms with Crippen molar-refractivity contribution < 1.29 is 19.4 Å². The minimum absolute atomic E-state index is 0. The maximum Gasteiger partial charge on any atom is 0.317 e. The minimum Gasteiger partial charge on any atom is -0.481 e. The van der Waals surface area contributed by atoms with E-state index in [0.29, 0.717) is 0 Å². The van der Waals surface area contributed by atoms with E-state index in [1.165, 1.54) is 0 Å². The van der Waals surface area contributed by atoms with Gasteiger partial charge in [0.05, 0.1) is 6.61 Å². The Bertz CT molecular complexity index is 123. The number of carboxylic acid groups (broad SMARTS) is 1. The second kappa shape index (κ2) is 6.03. The monoisotopic (exact) mass is 149 g/mol. The first kappa shape index (κ1) is 11.7. The summed E-state index contributed by atoms with van der Waals surface area (Å²) in [6, 6.07) is 0. The summed E-state index contributed by atoms with van der Waals surface area (Å²) in [5.41, 5.74) is 0. The lowest BCUT2D eigenvalue weighted by Gasteiger charge is -1.95. The van der Waals surface area contributed by atoms with E-state index in [-0.39, 0.29) is 12.8 Å². The van der Waals surface area contributed by atoms with Gasteiger partial charge in [-0.05, 0) is 6.92 Å². The Morgan fingerprint density at radius 3 is 2.30 bits per heavy atom. The molecule has 0 saturated carbocycles. The maximum atomic E-state index is 10.3. The number of ether oxygens (including phenoxy) is 1. The smallest absolute Gasteiger partial charge is 0.317 e. The van der Waals surface area contributed by atoms with Crippen molar-refractivity contribution in [1.82, 2.24) is 6.15 Å². The molecule has 0 aliphatic rings. The lowest BCUT2D eigenvalue weighted by Crippen LogP contribution is -2.09. The quantitative estimate of drug-likeness (QED) is 0.440. The van der Waals surface area contributed by atoms with Crippen molar-refractivity contribution in [2.24, 2.45) is 0 Å². The van der Waals surface area contributed by atoms with Gasteiger partial charge in [0.1, 0.15) is 6.42 Å². The molecule has 0 aliphatic heterocycles. The molecule has 10 heavy (non-hydrogen) atoms. The molecule has 0 aliphatic carbocycles. The van der Waals surface area contributed by atoms with Crippen LogP contribution in [0.25, 0.3) is 0 Å². The number of hydrogen-bond donors (Lipinski definition) is 2. The Kier molecular flexibility index (Phi) is 7.03. The SMILES string of the molecule is CCOC(=O)CC(=O)O.N. The molecule has 4 N–H and O–H groups in total. The van der Waals surface area contributed by atoms with Gasteiger partial charge in [-0.2, -0.15) is 0 Å². The summed E-state index contributed by atoms with van der Waals surface area (Å²) in [4.78, 5) is 20.0. The van der Waals surface area contributed by atoms with Crippen LogP contribution in [0.15, 0.2) is 0 Å². The summed E-state index contributed by atoms with van der Waals surface area (Å²) in [7, 11) is 0. The topological polar surface area (TPSA) is 98.6 Å². The summed E-state index contributed by atoms with van der Waals surface area (Å²) < 4.78 is 4.33. The van der Waals surface area contributed by atoms with Gasteiger partial charge in [0.2, 0.25) is 0 Å². The summed E-state index contributed by atoms with van der Waals surface area (Å²) in [6.07, 6.45) is -0.548. The van der Waals surface area contributed by atoms with Crippen LogP contribution in [-0.2, 0) is 14.3 Å². The fourth-order valence-corrected chi connectivity index (χ4v) is 0.335. The van der Waals surface area contributed by atoms with Gasteiger partial charge in [0.15, 0.2) is 0 Å². The number of carboxylic acids is 1. The van der Waals surface area contributed by atoms with Crippen molar-refractivity contribution in [2.75, 3.05) is 6.61 Å². The predicted octanol–water partition coefficient (Wildman–Crippen LogP) is 0.186. The molecule has 0 aromatic heterocycles. The van der Waals surface area contributed by atoms with Crippen molar-refractivity contribution in [3.8, 4) is 0 Å². The summed E-state index contributed by atoms with van der Waals surface area (Å²) >= 11 is 0. The highest BCUT2D eigenvalue weighted by atomic mass is 16.5. The molecule has 0 spiro atoms. The minimum atomic E-state index is -1.16. The molecule has 0 rings (SSSR count). The highest BCUT2D eigenvalue weighted by molar-refractivity contribution is 5.90. The van der Waals surface area contributed by atoms with E-state index in [2.05, 4.69) is 4.74 Å². The number of rotatable bonds is 3. The van der Waals surface area contributed by atoms with E-state index in [9.17, 15) is 9.59 Å². The van der Waals surface area contributed by atoms with E-state index < -0.39 is 18.4 Å². The summed E-state index contributed by atoms with van der Waals surface area (Å²) in [5.74, 6) is -1.85. The van der Waals surface area contributed by atoms with Gasteiger partial charge in [-0.15, -0.1) is 0 Å². The largest absolute Gasteiger partial charge is 0.481 e. The van der Waals surface area contributed by atoms with Crippen molar-refractivity contribution >= 4 is 11.9 Å². The molecule has 0 amide bonds. The van der Waals surface area contributed by atoms with Gasteiger partial charge in [-0.3, -0.25) is 9.59 Å². The van der Waals surface area contributed by atoms with E-state index in [1.54, 1.807) is 6.92 Å². The van der Waals surface area contributed by atoms with E-state index in [0.717, 1.165) is 0 Å². The van der Waals surface area contributed by atoms with Crippen molar-refractivity contribution in [1.29, 1.82) is 0 Å². The van der Waals surface area contributed by atoms with Gasteiger partial charge >= 0.3 is 11.9 Å². The number of esters is 1. The van der Waals surface area contributed by atoms with E-state index >= 15 is 0 Å². The normalized spacial score (nSPS) is 7.70. The molecule has 0 radical (unpaired) electrons. The van der Waals surface area contributed by atoms with Crippen LogP contribution in [0.1, 0.15) is 13.3 Å². The first-order valence-corrected chi connectivity index (χ1v) is 2.54. The first-order chi connectivity index (χ1) is 4.16. The second-order valence-electron chi connectivity index (χ2n) is 1.38. The number of aliphatic carboxylic acids is 1. The van der Waals surface area contributed by atoms with Gasteiger partial charge in [0.25, 0.3) is 0 Å². The third kappa shape index (κ3) is 6.90. The van der Waals surface area contributed by atoms with Crippen LogP contribution in [0.3, 0.4) is 0 Å². The lowest BCUT2D eigenvalue weighted by molar-refractivity contribution is -0.150. The standard InChI is InChI=1S/C5H8O4.H3N/c1-2-9-5(8)3-4(6)7;/h2-3H2,1H3,(H,6,7);1H3. The molecule has 0 aromatic rings. The number of hydrogen-bond acceptors (Lipinski definition) is 4. The number of carbonyl (C=O) groups excluding carboxylic acids is 1. The highest BCUT2D eigenvalue weighted by Crippen LogP contribution is 1.84. The van der Waals surface area contributed by atoms with E-state index in [1.807, 2.05) is 0 Å². The first-order valence-electron chi connectivity index (χ1n) is 2.54. The predicted molar refractivity (Wildman–Crippen MR) is 33.9 cm³/mol. The molecular weight excluding hydrogens is 138 g/mol. The molecule has 5 heteroatoms. The van der Waals surface area contributed by atoms with Crippen molar-refractivity contribution in [2.45, 2.75) is 13.3 Å². The maximum absolute atomic E-state index is 10.3. The van der Waals surface area contributed by atoms with Crippen LogP contribution in [0.2, 0.25) is 0 Å². The Morgan fingerprint density at radius 2 is 2.00 bits per heavy atom. The lowest BCUT2D eigenvalue weighted by atomic mass is 10.4. The Hall–Kier alpha value is -1.10. The molecule has 0 heterocycles. The fourth-order valence-electron chi connectivity index (χ4n) is 0.335. The molecule has 0 saturated heterocycles. The summed E-state index contributed by atoms with van der Waals surface area (Å²) in [5, 5.41) is 8.01. The van der Waals surface area contributed by atoms with Crippen molar-refractivity contribution in [3.05, 3.63) is 0 Å². The molecule has 5 nitrogen and oxygen atoms in total. The van der Waals surface area contributed by atoms with Crippen LogP contribution in [0, 0.1) is 0 Å². The highest BCUT2D eigenvalue weighted by Gasteiger charge is 2.06. The fraction of sp³-hybridized carbons (Fsp3) is 0.600. The number of carbonyl (C=O) groups is 2. The Morgan fingerprint density at radius 1 is 1.50 bits per heavy atom. The zero-order valence-electron chi connectivity index (χ0n) is 5.79. The van der Waals surface area contributed by atoms with Gasteiger partial charge in [0, 0.05) is 0 Å². The average molecular weight is 149 g/mol. The van der Waals surface area contributed by atoms with Gasteiger partial charge in [-0.25, -0.2) is 0 Å². The van der Waals surface area contributed by atoms with E-state index in [4.69, 9.17) is 5.11 Å². The zero-order chi connectivity index (χ0) is 7.28. The van der Waals surface area contributed by atoms with Crippen LogP contribution in [0.5, 0.6) is 0 Å². The van der Waals surface area contributed by atoms with Crippen molar-refractivity contribution in [3.63, 3.8) is 0 Å². The summed E-state index contributed by atoms with van der Waals surface area (Å²) in [6.45, 7) is 1.85. The second-order valence-corrected chi connectivity index (χ2v) is 1.38. The molecule has 0 bridgehead atoms.